The summed E-state index contributed by atoms with van der Waals surface area (Å²) in [5.41, 5.74) is 7.70. The Hall–Kier alpha value is -2.40. The van der Waals surface area contributed by atoms with Crippen LogP contribution in [-0.2, 0) is 11.3 Å². The van der Waals surface area contributed by atoms with Gasteiger partial charge in [-0.15, -0.1) is 0 Å². The fourth-order valence-corrected chi connectivity index (χ4v) is 1.71. The maximum absolute atomic E-state index is 12.0. The van der Waals surface area contributed by atoms with Crippen molar-refractivity contribution < 1.29 is 9.53 Å². The van der Waals surface area contributed by atoms with E-state index in [1.54, 1.807) is 25.4 Å². The van der Waals surface area contributed by atoms with E-state index in [2.05, 4.69) is 10.3 Å². The number of rotatable bonds is 4. The molecule has 19 heavy (non-hydrogen) atoms. The van der Waals surface area contributed by atoms with Crippen molar-refractivity contribution in [3.05, 3.63) is 53.7 Å². The Morgan fingerprint density at radius 1 is 1.37 bits per heavy atom. The molecule has 0 saturated heterocycles. The molecule has 0 aliphatic heterocycles. The Morgan fingerprint density at radius 2 is 2.21 bits per heavy atom. The molecule has 0 bridgehead atoms. The predicted molar refractivity (Wildman–Crippen MR) is 73.8 cm³/mol. The molecule has 2 rings (SSSR count). The summed E-state index contributed by atoms with van der Waals surface area (Å²) in [6, 6.07) is 10.8. The summed E-state index contributed by atoms with van der Waals surface area (Å²) < 4.78 is 5.05. The first-order chi connectivity index (χ1) is 9.20. The topological polar surface area (TPSA) is 77.2 Å². The number of amides is 1. The molecule has 0 radical (unpaired) electrons. The minimum absolute atomic E-state index is 0.216. The molecule has 1 heterocycles. The van der Waals surface area contributed by atoms with Crippen LogP contribution >= 0.6 is 0 Å². The third kappa shape index (κ3) is 3.29. The van der Waals surface area contributed by atoms with Gasteiger partial charge in [0, 0.05) is 19.0 Å². The molecular weight excluding hydrogens is 242 g/mol. The lowest BCUT2D eigenvalue weighted by atomic mass is 10.2. The van der Waals surface area contributed by atoms with Gasteiger partial charge in [-0.25, -0.2) is 4.98 Å². The highest BCUT2D eigenvalue weighted by Gasteiger charge is 2.10. The van der Waals surface area contributed by atoms with Crippen LogP contribution in [0.2, 0.25) is 0 Å². The van der Waals surface area contributed by atoms with Crippen LogP contribution in [0.1, 0.15) is 15.9 Å². The second-order valence-electron chi connectivity index (χ2n) is 4.02. The Balaban J connectivity index is 2.15. The Bertz CT molecular complexity index is 584. The lowest BCUT2D eigenvalue weighted by Crippen LogP contribution is -2.14. The molecule has 0 aliphatic carbocycles. The molecule has 1 aromatic heterocycles. The number of nitrogens with zero attached hydrogens (tertiary/aromatic N) is 1. The molecule has 98 valence electrons. The number of carbonyl (C=O) groups is 1. The number of ether oxygens (including phenoxy) is 1. The van der Waals surface area contributed by atoms with Crippen LogP contribution in [0.25, 0.3) is 0 Å². The number of benzene rings is 1. The van der Waals surface area contributed by atoms with Crippen molar-refractivity contribution in [2.75, 3.05) is 18.2 Å². The normalized spacial score (nSPS) is 10.2. The minimum atomic E-state index is -0.278. The van der Waals surface area contributed by atoms with Crippen molar-refractivity contribution in [2.24, 2.45) is 0 Å². The zero-order valence-corrected chi connectivity index (χ0v) is 10.6. The lowest BCUT2D eigenvalue weighted by Gasteiger charge is -2.08. The van der Waals surface area contributed by atoms with E-state index in [0.717, 1.165) is 5.56 Å². The highest BCUT2D eigenvalue weighted by atomic mass is 16.5. The number of hydrogen-bond acceptors (Lipinski definition) is 4. The molecule has 0 fully saturated rings. The summed E-state index contributed by atoms with van der Waals surface area (Å²) in [7, 11) is 1.63. The molecule has 3 N–H and O–H groups in total. The number of nitrogen functional groups attached to an aromatic ring is 1. The van der Waals surface area contributed by atoms with Crippen LogP contribution in [0.3, 0.4) is 0 Å². The lowest BCUT2D eigenvalue weighted by molar-refractivity contribution is 0.102. The maximum Gasteiger partial charge on any atom is 0.259 e. The number of pyridine rings is 1. The Morgan fingerprint density at radius 3 is 2.95 bits per heavy atom. The van der Waals surface area contributed by atoms with Gasteiger partial charge in [-0.2, -0.15) is 0 Å². The molecular formula is C14H15N3O2. The van der Waals surface area contributed by atoms with E-state index in [1.165, 1.54) is 0 Å². The Labute approximate surface area is 111 Å². The first-order valence-corrected chi connectivity index (χ1v) is 5.80. The van der Waals surface area contributed by atoms with Crippen LogP contribution in [-0.4, -0.2) is 18.0 Å². The van der Waals surface area contributed by atoms with Gasteiger partial charge in [-0.1, -0.05) is 12.1 Å². The van der Waals surface area contributed by atoms with Gasteiger partial charge in [-0.05, 0) is 29.8 Å². The van der Waals surface area contributed by atoms with Crippen molar-refractivity contribution in [2.45, 2.75) is 6.61 Å². The van der Waals surface area contributed by atoms with Crippen LogP contribution in [0.5, 0.6) is 0 Å². The van der Waals surface area contributed by atoms with Gasteiger partial charge in [0.2, 0.25) is 0 Å². The number of aromatic nitrogens is 1. The van der Waals surface area contributed by atoms with Crippen LogP contribution in [0.15, 0.2) is 42.6 Å². The van der Waals surface area contributed by atoms with Crippen molar-refractivity contribution >= 4 is 17.4 Å². The van der Waals surface area contributed by atoms with Crippen LogP contribution in [0, 0.1) is 0 Å². The van der Waals surface area contributed by atoms with E-state index in [9.17, 15) is 4.79 Å². The summed E-state index contributed by atoms with van der Waals surface area (Å²) in [5, 5.41) is 2.78. The second kappa shape index (κ2) is 5.97. The van der Waals surface area contributed by atoms with Crippen molar-refractivity contribution in [3.8, 4) is 0 Å². The molecule has 5 heteroatoms. The highest BCUT2D eigenvalue weighted by Crippen LogP contribution is 2.14. The monoisotopic (exact) mass is 257 g/mol. The molecule has 0 atom stereocenters. The minimum Gasteiger partial charge on any atom is -0.383 e. The third-order valence-electron chi connectivity index (χ3n) is 2.58. The summed E-state index contributed by atoms with van der Waals surface area (Å²) in [6.45, 7) is 0.499. The fourth-order valence-electron chi connectivity index (χ4n) is 1.71. The molecule has 5 nitrogen and oxygen atoms in total. The molecule has 1 amide bonds. The fraction of sp³-hybridized carbons (Fsp3) is 0.143. The standard InChI is InChI=1S/C14H15N3O2/c1-19-9-10-4-2-5-11(8-10)17-14(18)12-6-3-7-16-13(12)15/h2-8H,9H2,1H3,(H2,15,16)(H,17,18). The van der Waals surface area contributed by atoms with Gasteiger partial charge in [0.25, 0.3) is 5.91 Å². The number of methoxy groups -OCH3 is 1. The van der Waals surface area contributed by atoms with Gasteiger partial charge in [0.05, 0.1) is 12.2 Å². The average Bonchev–Trinajstić information content (AvgIpc) is 2.40. The second-order valence-corrected chi connectivity index (χ2v) is 4.02. The zero-order valence-electron chi connectivity index (χ0n) is 10.6. The first-order valence-electron chi connectivity index (χ1n) is 5.80. The summed E-state index contributed by atoms with van der Waals surface area (Å²) in [6.07, 6.45) is 1.55. The van der Waals surface area contributed by atoms with E-state index in [-0.39, 0.29) is 11.7 Å². The molecule has 0 saturated carbocycles. The smallest absolute Gasteiger partial charge is 0.259 e. The number of nitrogens with two attached hydrogens (primary N) is 1. The highest BCUT2D eigenvalue weighted by molar-refractivity contribution is 6.07. The van der Waals surface area contributed by atoms with Crippen molar-refractivity contribution in [3.63, 3.8) is 0 Å². The zero-order chi connectivity index (χ0) is 13.7. The van der Waals surface area contributed by atoms with E-state index in [0.29, 0.717) is 17.9 Å². The van der Waals surface area contributed by atoms with Crippen LogP contribution < -0.4 is 11.1 Å². The first kappa shape index (κ1) is 13.0. The molecule has 0 unspecified atom stereocenters. The SMILES string of the molecule is COCc1cccc(NC(=O)c2cccnc2N)c1. The number of anilines is 2. The quantitative estimate of drug-likeness (QED) is 0.879. The molecule has 0 aliphatic rings. The number of nitrogens with one attached hydrogen (secondary N) is 1. The summed E-state index contributed by atoms with van der Waals surface area (Å²) in [5.74, 6) is -0.0618. The van der Waals surface area contributed by atoms with Gasteiger partial charge in [-0.3, -0.25) is 4.79 Å². The largest absolute Gasteiger partial charge is 0.383 e. The number of hydrogen-bond donors (Lipinski definition) is 2. The van der Waals surface area contributed by atoms with Gasteiger partial charge >= 0.3 is 0 Å². The number of carbonyl (C=O) groups excluding carboxylic acids is 1. The maximum atomic E-state index is 12.0. The van der Waals surface area contributed by atoms with Gasteiger partial charge in [0.15, 0.2) is 0 Å². The molecule has 1 aromatic carbocycles. The van der Waals surface area contributed by atoms with Crippen molar-refractivity contribution in [1.29, 1.82) is 0 Å². The molecule has 0 spiro atoms. The third-order valence-corrected chi connectivity index (χ3v) is 2.58. The Kier molecular flexibility index (Phi) is 4.10. The van der Waals surface area contributed by atoms with E-state index in [4.69, 9.17) is 10.5 Å². The van der Waals surface area contributed by atoms with E-state index < -0.39 is 0 Å². The summed E-state index contributed by atoms with van der Waals surface area (Å²) >= 11 is 0. The van der Waals surface area contributed by atoms with Crippen molar-refractivity contribution in [1.82, 2.24) is 4.98 Å². The van der Waals surface area contributed by atoms with E-state index in [1.807, 2.05) is 24.3 Å². The summed E-state index contributed by atoms with van der Waals surface area (Å²) in [4.78, 5) is 15.9. The molecule has 2 aromatic rings. The average molecular weight is 257 g/mol. The van der Waals surface area contributed by atoms with E-state index >= 15 is 0 Å². The van der Waals surface area contributed by atoms with Gasteiger partial charge < -0.3 is 15.8 Å². The van der Waals surface area contributed by atoms with Crippen LogP contribution in [0.4, 0.5) is 11.5 Å². The van der Waals surface area contributed by atoms with Gasteiger partial charge in [0.1, 0.15) is 5.82 Å². The predicted octanol–water partition coefficient (Wildman–Crippen LogP) is 2.06.